The minimum atomic E-state index is -4.46. The number of anilines is 1. The first-order chi connectivity index (χ1) is 12.4. The maximum atomic E-state index is 12.9. The van der Waals surface area contributed by atoms with Gasteiger partial charge in [0.25, 0.3) is 0 Å². The molecule has 0 fully saturated rings. The molecule has 1 aromatic heterocycles. The molecule has 1 atom stereocenters. The van der Waals surface area contributed by atoms with Crippen LogP contribution in [-0.2, 0) is 17.4 Å². The van der Waals surface area contributed by atoms with Gasteiger partial charge in [0.1, 0.15) is 5.82 Å². The molecule has 0 radical (unpaired) electrons. The maximum absolute atomic E-state index is 12.9. The van der Waals surface area contributed by atoms with Gasteiger partial charge in [-0.2, -0.15) is 13.2 Å². The lowest BCUT2D eigenvalue weighted by atomic mass is 9.97. The normalized spacial score (nSPS) is 16.2. The van der Waals surface area contributed by atoms with Gasteiger partial charge in [-0.25, -0.2) is 4.98 Å². The number of nitrogens with one attached hydrogen (secondary N) is 2. The fraction of sp³-hybridized carbons (Fsp3) is 0.368. The van der Waals surface area contributed by atoms with Gasteiger partial charge < -0.3 is 10.6 Å². The zero-order valence-electron chi connectivity index (χ0n) is 14.1. The molecule has 26 heavy (non-hydrogen) atoms. The van der Waals surface area contributed by atoms with Gasteiger partial charge in [-0.15, -0.1) is 0 Å². The number of aryl methyl sites for hydroxylation is 1. The smallest absolute Gasteiger partial charge is 0.368 e. The van der Waals surface area contributed by atoms with Crippen LogP contribution in [0.1, 0.15) is 35.4 Å². The summed E-state index contributed by atoms with van der Waals surface area (Å²) < 4.78 is 38.7. The lowest BCUT2D eigenvalue weighted by Crippen LogP contribution is -2.30. The van der Waals surface area contributed by atoms with E-state index in [1.807, 2.05) is 12.1 Å². The van der Waals surface area contributed by atoms with E-state index < -0.39 is 11.7 Å². The van der Waals surface area contributed by atoms with Crippen LogP contribution in [0.2, 0.25) is 0 Å². The number of hydrogen-bond donors (Lipinski definition) is 2. The summed E-state index contributed by atoms with van der Waals surface area (Å²) in [5.41, 5.74) is 1.71. The van der Waals surface area contributed by atoms with E-state index in [9.17, 15) is 18.0 Å². The van der Waals surface area contributed by atoms with Crippen LogP contribution in [0.3, 0.4) is 0 Å². The average molecular weight is 363 g/mol. The Balaban J connectivity index is 1.46. The molecule has 0 saturated carbocycles. The third-order valence-electron chi connectivity index (χ3n) is 4.54. The Morgan fingerprint density at radius 2 is 1.96 bits per heavy atom. The molecule has 1 aromatic carbocycles. The highest BCUT2D eigenvalue weighted by Gasteiger charge is 2.34. The van der Waals surface area contributed by atoms with E-state index in [1.54, 1.807) is 0 Å². The van der Waals surface area contributed by atoms with Crippen molar-refractivity contribution in [2.45, 2.75) is 31.4 Å². The van der Waals surface area contributed by atoms with Crippen LogP contribution in [0.4, 0.5) is 19.0 Å². The third kappa shape index (κ3) is 4.33. The molecular formula is C19H20F3N3O. The van der Waals surface area contributed by atoms with Crippen LogP contribution < -0.4 is 10.6 Å². The fourth-order valence-electron chi connectivity index (χ4n) is 3.31. The number of alkyl halides is 3. The van der Waals surface area contributed by atoms with E-state index in [-0.39, 0.29) is 30.7 Å². The first-order valence-corrected chi connectivity index (χ1v) is 8.55. The van der Waals surface area contributed by atoms with Gasteiger partial charge >= 0.3 is 6.18 Å². The van der Waals surface area contributed by atoms with E-state index in [4.69, 9.17) is 0 Å². The monoisotopic (exact) mass is 363 g/mol. The molecule has 0 bridgehead atoms. The van der Waals surface area contributed by atoms with E-state index in [1.165, 1.54) is 23.4 Å². The number of aromatic nitrogens is 1. The number of halogens is 3. The minimum Gasteiger partial charge on any atom is -0.368 e. The highest BCUT2D eigenvalue weighted by Crippen LogP contribution is 2.35. The number of rotatable bonds is 6. The number of benzene rings is 1. The molecule has 1 unspecified atom stereocenters. The molecule has 2 aromatic rings. The first-order valence-electron chi connectivity index (χ1n) is 8.55. The van der Waals surface area contributed by atoms with E-state index in [0.29, 0.717) is 6.42 Å². The molecule has 7 heteroatoms. The molecule has 3 rings (SSSR count). The Bertz CT molecular complexity index is 777. The second-order valence-corrected chi connectivity index (χ2v) is 6.31. The average Bonchev–Trinajstić information content (AvgIpc) is 3.01. The lowest BCUT2D eigenvalue weighted by Gasteiger charge is -2.14. The molecule has 1 amide bonds. The Labute approximate surface area is 149 Å². The predicted octanol–water partition coefficient (Wildman–Crippen LogP) is 3.75. The largest absolute Gasteiger partial charge is 0.419 e. The van der Waals surface area contributed by atoms with Gasteiger partial charge in [-0.1, -0.05) is 24.3 Å². The van der Waals surface area contributed by atoms with E-state index >= 15 is 0 Å². The number of hydrogen-bond acceptors (Lipinski definition) is 3. The molecule has 1 aliphatic carbocycles. The van der Waals surface area contributed by atoms with Gasteiger partial charge in [0.15, 0.2) is 0 Å². The van der Waals surface area contributed by atoms with Crippen molar-refractivity contribution < 1.29 is 18.0 Å². The van der Waals surface area contributed by atoms with Crippen LogP contribution in [0.25, 0.3) is 0 Å². The molecule has 138 valence electrons. The Morgan fingerprint density at radius 3 is 2.77 bits per heavy atom. The molecule has 1 heterocycles. The van der Waals surface area contributed by atoms with Gasteiger partial charge in [-0.05, 0) is 42.0 Å². The fourth-order valence-corrected chi connectivity index (χ4v) is 3.31. The Morgan fingerprint density at radius 1 is 1.15 bits per heavy atom. The maximum Gasteiger partial charge on any atom is 0.419 e. The molecule has 0 aliphatic heterocycles. The summed E-state index contributed by atoms with van der Waals surface area (Å²) in [6.07, 6.45) is -0.832. The van der Waals surface area contributed by atoms with Crippen LogP contribution in [0, 0.1) is 0 Å². The van der Waals surface area contributed by atoms with Crippen molar-refractivity contribution in [3.05, 3.63) is 59.3 Å². The van der Waals surface area contributed by atoms with Crippen molar-refractivity contribution in [2.75, 3.05) is 18.4 Å². The summed E-state index contributed by atoms with van der Waals surface area (Å²) >= 11 is 0. The van der Waals surface area contributed by atoms with Crippen molar-refractivity contribution in [1.29, 1.82) is 0 Å². The molecule has 1 aliphatic rings. The summed E-state index contributed by atoms with van der Waals surface area (Å²) in [4.78, 5) is 15.8. The topological polar surface area (TPSA) is 54.0 Å². The van der Waals surface area contributed by atoms with Gasteiger partial charge in [-0.3, -0.25) is 4.79 Å². The van der Waals surface area contributed by atoms with E-state index in [0.717, 1.165) is 18.9 Å². The van der Waals surface area contributed by atoms with Gasteiger partial charge in [0.05, 0.1) is 5.56 Å². The van der Waals surface area contributed by atoms with Crippen molar-refractivity contribution >= 4 is 11.7 Å². The van der Waals surface area contributed by atoms with Crippen molar-refractivity contribution in [3.8, 4) is 0 Å². The number of nitrogens with zero attached hydrogens (tertiary/aromatic N) is 1. The van der Waals surface area contributed by atoms with Crippen LogP contribution in [0.15, 0.2) is 42.6 Å². The van der Waals surface area contributed by atoms with E-state index in [2.05, 4.69) is 27.8 Å². The molecule has 2 N–H and O–H groups in total. The number of fused-ring (bicyclic) bond motifs is 1. The Hall–Kier alpha value is -2.57. The number of pyridine rings is 1. The van der Waals surface area contributed by atoms with Crippen LogP contribution in [-0.4, -0.2) is 24.0 Å². The summed E-state index contributed by atoms with van der Waals surface area (Å²) in [5.74, 6) is -0.101. The quantitative estimate of drug-likeness (QED) is 0.769. The zero-order chi connectivity index (χ0) is 18.6. The van der Waals surface area contributed by atoms with Crippen molar-refractivity contribution in [2.24, 2.45) is 0 Å². The van der Waals surface area contributed by atoms with Crippen molar-refractivity contribution in [1.82, 2.24) is 10.3 Å². The zero-order valence-corrected chi connectivity index (χ0v) is 14.1. The molecule has 0 spiro atoms. The molecular weight excluding hydrogens is 343 g/mol. The second kappa shape index (κ2) is 7.76. The minimum absolute atomic E-state index is 0.0921. The standard InChI is InChI=1S/C19H20F3N3O/c20-19(21,22)16-6-3-9-24-18(16)25-11-10-23-17(26)12-14-8-7-13-4-1-2-5-15(13)14/h1-6,9,14H,7-8,10-12H2,(H,23,26)(H,24,25). The highest BCUT2D eigenvalue weighted by molar-refractivity contribution is 5.77. The number of carbonyl (C=O) groups is 1. The second-order valence-electron chi connectivity index (χ2n) is 6.31. The Kier molecular flexibility index (Phi) is 5.44. The van der Waals surface area contributed by atoms with Crippen molar-refractivity contribution in [3.63, 3.8) is 0 Å². The number of carbonyl (C=O) groups excluding carboxylic acids is 1. The highest BCUT2D eigenvalue weighted by atomic mass is 19.4. The summed E-state index contributed by atoms with van der Waals surface area (Å²) in [6, 6.07) is 10.3. The van der Waals surface area contributed by atoms with Crippen LogP contribution >= 0.6 is 0 Å². The lowest BCUT2D eigenvalue weighted by molar-refractivity contribution is -0.137. The predicted molar refractivity (Wildman–Crippen MR) is 92.9 cm³/mol. The SMILES string of the molecule is O=C(CC1CCc2ccccc21)NCCNc1ncccc1C(F)(F)F. The van der Waals surface area contributed by atoms with Gasteiger partial charge in [0, 0.05) is 25.7 Å². The first kappa shape index (κ1) is 18.2. The van der Waals surface area contributed by atoms with Crippen LogP contribution in [0.5, 0.6) is 0 Å². The molecule has 4 nitrogen and oxygen atoms in total. The van der Waals surface area contributed by atoms with Gasteiger partial charge in [0.2, 0.25) is 5.91 Å². The molecule has 0 saturated heterocycles. The number of amides is 1. The summed E-state index contributed by atoms with van der Waals surface area (Å²) in [5, 5.41) is 5.40. The summed E-state index contributed by atoms with van der Waals surface area (Å²) in [7, 11) is 0. The summed E-state index contributed by atoms with van der Waals surface area (Å²) in [6.45, 7) is 0.411. The third-order valence-corrected chi connectivity index (χ3v) is 4.54.